The van der Waals surface area contributed by atoms with Crippen LogP contribution in [-0.2, 0) is 0 Å². The molecule has 0 spiro atoms. The summed E-state index contributed by atoms with van der Waals surface area (Å²) in [6.45, 7) is 9.07. The Morgan fingerprint density at radius 1 is 0.706 bits per heavy atom. The van der Waals surface area contributed by atoms with Gasteiger partial charge in [-0.1, -0.05) is 72.1 Å². The zero-order valence-corrected chi connectivity index (χ0v) is 12.5. The minimum Gasteiger partial charge on any atom is -0.242 e. The van der Waals surface area contributed by atoms with Crippen LogP contribution < -0.4 is 5.32 Å². The molecule has 0 aliphatic carbocycles. The molecule has 0 aromatic carbocycles. The van der Waals surface area contributed by atoms with Crippen molar-refractivity contribution >= 4 is 0 Å². The summed E-state index contributed by atoms with van der Waals surface area (Å²) in [5.74, 6) is 0.910. The molecule has 0 heterocycles. The molecule has 0 unspecified atom stereocenters. The van der Waals surface area contributed by atoms with Crippen molar-refractivity contribution in [3.63, 3.8) is 0 Å². The maximum atomic E-state index is 4.64. The van der Waals surface area contributed by atoms with Crippen LogP contribution in [0, 0.1) is 5.92 Å². The van der Waals surface area contributed by atoms with Crippen LogP contribution in [0.5, 0.6) is 0 Å². The Bertz CT molecular complexity index is 129. The van der Waals surface area contributed by atoms with Gasteiger partial charge >= 0.3 is 0 Å². The van der Waals surface area contributed by atoms with Crippen LogP contribution in [0.2, 0.25) is 0 Å². The summed E-state index contributed by atoms with van der Waals surface area (Å²) in [7, 11) is 0. The summed E-state index contributed by atoms with van der Waals surface area (Å²) in [6.07, 6.45) is 13.7. The normalized spacial score (nSPS) is 11.3. The van der Waals surface area contributed by atoms with E-state index < -0.39 is 0 Å². The lowest BCUT2D eigenvalue weighted by Crippen LogP contribution is -2.12. The Morgan fingerprint density at radius 3 is 1.88 bits per heavy atom. The number of nitrogens with zero attached hydrogens (tertiary/aromatic N) is 1. The van der Waals surface area contributed by atoms with Crippen molar-refractivity contribution in [2.24, 2.45) is 5.92 Å². The van der Waals surface area contributed by atoms with Gasteiger partial charge in [-0.25, -0.2) is 5.32 Å². The van der Waals surface area contributed by atoms with E-state index in [-0.39, 0.29) is 0 Å². The zero-order valence-electron chi connectivity index (χ0n) is 12.5. The summed E-state index contributed by atoms with van der Waals surface area (Å²) >= 11 is 0. The summed E-state index contributed by atoms with van der Waals surface area (Å²) in [6, 6.07) is 0. The number of unbranched alkanes of at least 4 members (excludes halogenated alkanes) is 6. The third kappa shape index (κ3) is 12.2. The van der Waals surface area contributed by atoms with Gasteiger partial charge in [0, 0.05) is 13.1 Å². The minimum atomic E-state index is 0.910. The molecule has 0 aromatic rings. The first-order chi connectivity index (χ1) is 8.35. The average Bonchev–Trinajstić information content (AvgIpc) is 2.36. The fourth-order valence-corrected chi connectivity index (χ4v) is 2.26. The molecule has 0 aliphatic heterocycles. The van der Waals surface area contributed by atoms with Crippen molar-refractivity contribution in [3.05, 3.63) is 0 Å². The van der Waals surface area contributed by atoms with Crippen molar-refractivity contribution < 1.29 is 0 Å². The van der Waals surface area contributed by atoms with Crippen LogP contribution in [0.4, 0.5) is 0 Å². The second kappa shape index (κ2) is 14.0. The molecular weight excluding hydrogens is 206 g/mol. The first-order valence-corrected chi connectivity index (χ1v) is 7.98. The van der Waals surface area contributed by atoms with Gasteiger partial charge in [0.15, 0.2) is 0 Å². The molecule has 1 radical (unpaired) electrons. The van der Waals surface area contributed by atoms with Crippen molar-refractivity contribution in [2.45, 2.75) is 85.0 Å². The van der Waals surface area contributed by atoms with Gasteiger partial charge in [0.05, 0.1) is 0 Å². The fraction of sp³-hybridized carbons (Fsp3) is 1.00. The molecule has 0 atom stereocenters. The molecule has 0 bridgehead atoms. The monoisotopic (exact) mass is 240 g/mol. The van der Waals surface area contributed by atoms with E-state index in [4.69, 9.17) is 0 Å². The molecule has 17 heavy (non-hydrogen) atoms. The second-order valence-electron chi connectivity index (χ2n) is 5.26. The summed E-state index contributed by atoms with van der Waals surface area (Å²) in [5.41, 5.74) is 0. The number of hydrogen-bond donors (Lipinski definition) is 0. The van der Waals surface area contributed by atoms with Gasteiger partial charge in [0.2, 0.25) is 0 Å². The molecular formula is C16H34N. The predicted molar refractivity (Wildman–Crippen MR) is 78.6 cm³/mol. The Hall–Kier alpha value is -0.0400. The topological polar surface area (TPSA) is 14.1 Å². The largest absolute Gasteiger partial charge is 0.242 e. The number of hydrogen-bond acceptors (Lipinski definition) is 0. The van der Waals surface area contributed by atoms with Crippen LogP contribution in [0.3, 0.4) is 0 Å². The third-order valence-electron chi connectivity index (χ3n) is 3.77. The fourth-order valence-electron chi connectivity index (χ4n) is 2.26. The van der Waals surface area contributed by atoms with Gasteiger partial charge in [0.25, 0.3) is 0 Å². The first kappa shape index (κ1) is 17.0. The zero-order chi connectivity index (χ0) is 12.8. The smallest absolute Gasteiger partial charge is 0.0136 e. The highest BCUT2D eigenvalue weighted by Gasteiger charge is 2.02. The summed E-state index contributed by atoms with van der Waals surface area (Å²) in [4.78, 5) is 0. The minimum absolute atomic E-state index is 0.910. The van der Waals surface area contributed by atoms with Gasteiger partial charge in [-0.3, -0.25) is 0 Å². The van der Waals surface area contributed by atoms with E-state index in [0.717, 1.165) is 19.0 Å². The van der Waals surface area contributed by atoms with E-state index in [1.165, 1.54) is 64.2 Å². The number of rotatable bonds is 13. The lowest BCUT2D eigenvalue weighted by molar-refractivity contribution is 0.433. The maximum Gasteiger partial charge on any atom is 0.0136 e. The lowest BCUT2D eigenvalue weighted by Gasteiger charge is -2.11. The standard InChI is InChI=1S/C16H34N/c1-4-7-8-9-10-11-12-14-17-15-13-16(5-2)6-3/h16H,4-15H2,1-3H3. The Labute approximate surface area is 110 Å². The predicted octanol–water partition coefficient (Wildman–Crippen LogP) is 5.17. The maximum absolute atomic E-state index is 4.64. The van der Waals surface area contributed by atoms with Gasteiger partial charge in [-0.05, 0) is 18.8 Å². The van der Waals surface area contributed by atoms with Crippen LogP contribution in [0.15, 0.2) is 0 Å². The molecule has 0 aromatic heterocycles. The van der Waals surface area contributed by atoms with E-state index in [2.05, 4.69) is 26.1 Å². The Kier molecular flexibility index (Phi) is 14.0. The van der Waals surface area contributed by atoms with Crippen LogP contribution in [0.25, 0.3) is 0 Å². The summed E-state index contributed by atoms with van der Waals surface area (Å²) < 4.78 is 0. The SMILES string of the molecule is CCCCCCCCC[N]CCC(CC)CC. The van der Waals surface area contributed by atoms with Gasteiger partial charge in [-0.2, -0.15) is 0 Å². The third-order valence-corrected chi connectivity index (χ3v) is 3.77. The van der Waals surface area contributed by atoms with Crippen LogP contribution in [-0.4, -0.2) is 13.1 Å². The van der Waals surface area contributed by atoms with Crippen molar-refractivity contribution in [1.82, 2.24) is 5.32 Å². The van der Waals surface area contributed by atoms with Crippen molar-refractivity contribution in [2.75, 3.05) is 13.1 Å². The molecule has 0 saturated heterocycles. The summed E-state index contributed by atoms with van der Waals surface area (Å²) in [5, 5.41) is 4.64. The molecule has 1 heteroatoms. The first-order valence-electron chi connectivity index (χ1n) is 7.98. The van der Waals surface area contributed by atoms with Gasteiger partial charge < -0.3 is 0 Å². The van der Waals surface area contributed by atoms with Crippen molar-refractivity contribution in [1.29, 1.82) is 0 Å². The van der Waals surface area contributed by atoms with Crippen molar-refractivity contribution in [3.8, 4) is 0 Å². The highest BCUT2D eigenvalue weighted by molar-refractivity contribution is 4.57. The lowest BCUT2D eigenvalue weighted by atomic mass is 10.00. The van der Waals surface area contributed by atoms with E-state index in [9.17, 15) is 0 Å². The highest BCUT2D eigenvalue weighted by atomic mass is 14.8. The van der Waals surface area contributed by atoms with E-state index in [0.29, 0.717) is 0 Å². The van der Waals surface area contributed by atoms with E-state index >= 15 is 0 Å². The van der Waals surface area contributed by atoms with Crippen LogP contribution >= 0.6 is 0 Å². The molecule has 1 nitrogen and oxygen atoms in total. The van der Waals surface area contributed by atoms with E-state index in [1.807, 2.05) is 0 Å². The highest BCUT2D eigenvalue weighted by Crippen LogP contribution is 2.11. The van der Waals surface area contributed by atoms with Gasteiger partial charge in [0.1, 0.15) is 0 Å². The molecule has 0 N–H and O–H groups in total. The Morgan fingerprint density at radius 2 is 1.29 bits per heavy atom. The molecule has 0 aliphatic rings. The molecule has 103 valence electrons. The van der Waals surface area contributed by atoms with Crippen LogP contribution in [0.1, 0.15) is 85.0 Å². The molecule has 0 saturated carbocycles. The Balaban J connectivity index is 3.03. The quantitative estimate of drug-likeness (QED) is 0.394. The molecule has 0 amide bonds. The molecule has 0 rings (SSSR count). The van der Waals surface area contributed by atoms with E-state index in [1.54, 1.807) is 0 Å². The van der Waals surface area contributed by atoms with Gasteiger partial charge in [-0.15, -0.1) is 0 Å². The second-order valence-corrected chi connectivity index (χ2v) is 5.26. The molecule has 0 fully saturated rings. The average molecular weight is 240 g/mol.